The number of nitrogens with zero attached hydrogens (tertiary/aromatic N) is 1. The molecule has 2 amide bonds. The first-order valence-corrected chi connectivity index (χ1v) is 8.41. The normalized spacial score (nSPS) is 17.8. The Morgan fingerprint density at radius 3 is 2.58 bits per heavy atom. The second kappa shape index (κ2) is 9.15. The fourth-order valence-electron chi connectivity index (χ4n) is 3.07. The first-order valence-electron chi connectivity index (χ1n) is 8.41. The molecule has 1 fully saturated rings. The highest BCUT2D eigenvalue weighted by Crippen LogP contribution is 2.31. The highest BCUT2D eigenvalue weighted by molar-refractivity contribution is 5.77. The number of ether oxygens (including phenoxy) is 2. The summed E-state index contributed by atoms with van der Waals surface area (Å²) < 4.78 is 9.73. The second-order valence-electron chi connectivity index (χ2n) is 5.89. The van der Waals surface area contributed by atoms with Crippen molar-refractivity contribution < 1.29 is 19.1 Å². The number of benzene rings is 1. The van der Waals surface area contributed by atoms with E-state index in [4.69, 9.17) is 4.74 Å². The molecule has 1 atom stereocenters. The van der Waals surface area contributed by atoms with E-state index in [1.807, 2.05) is 29.2 Å². The average molecular weight is 334 g/mol. The third kappa shape index (κ3) is 4.88. The van der Waals surface area contributed by atoms with Gasteiger partial charge in [-0.05, 0) is 30.5 Å². The van der Waals surface area contributed by atoms with Gasteiger partial charge in [0.2, 0.25) is 5.91 Å². The Balaban J connectivity index is 2.05. The zero-order valence-corrected chi connectivity index (χ0v) is 14.4. The van der Waals surface area contributed by atoms with Crippen molar-refractivity contribution >= 4 is 12.0 Å². The van der Waals surface area contributed by atoms with Gasteiger partial charge < -0.3 is 19.7 Å². The van der Waals surface area contributed by atoms with Crippen LogP contribution in [0.25, 0.3) is 0 Å². The maximum atomic E-state index is 12.6. The fourth-order valence-corrected chi connectivity index (χ4v) is 3.07. The molecule has 132 valence electrons. The van der Waals surface area contributed by atoms with Crippen LogP contribution in [0.15, 0.2) is 24.3 Å². The Labute approximate surface area is 143 Å². The first-order chi connectivity index (χ1) is 11.7. The van der Waals surface area contributed by atoms with Gasteiger partial charge in [0.15, 0.2) is 0 Å². The van der Waals surface area contributed by atoms with Crippen LogP contribution in [-0.2, 0) is 9.53 Å². The summed E-state index contributed by atoms with van der Waals surface area (Å²) in [6.45, 7) is 1.05. The molecule has 1 aliphatic rings. The van der Waals surface area contributed by atoms with E-state index in [9.17, 15) is 9.59 Å². The van der Waals surface area contributed by atoms with E-state index in [1.54, 1.807) is 7.11 Å². The molecule has 1 saturated heterocycles. The smallest absolute Gasteiger partial charge is 0.406 e. The molecule has 24 heavy (non-hydrogen) atoms. The molecule has 1 heterocycles. The van der Waals surface area contributed by atoms with Crippen molar-refractivity contribution in [3.8, 4) is 5.75 Å². The number of carbonyl (C=O) groups is 2. The largest absolute Gasteiger partial charge is 0.497 e. The minimum absolute atomic E-state index is 0.0640. The fraction of sp³-hybridized carbons (Fsp3) is 0.556. The summed E-state index contributed by atoms with van der Waals surface area (Å²) in [5.74, 6) is 0.877. The van der Waals surface area contributed by atoms with Crippen LogP contribution >= 0.6 is 0 Å². The molecule has 1 aliphatic heterocycles. The van der Waals surface area contributed by atoms with Crippen molar-refractivity contribution in [1.29, 1.82) is 0 Å². The van der Waals surface area contributed by atoms with E-state index < -0.39 is 6.09 Å². The average Bonchev–Trinajstić information content (AvgIpc) is 2.87. The van der Waals surface area contributed by atoms with E-state index in [0.29, 0.717) is 0 Å². The van der Waals surface area contributed by atoms with Gasteiger partial charge in [0.1, 0.15) is 5.75 Å². The number of rotatable bonds is 5. The van der Waals surface area contributed by atoms with Crippen molar-refractivity contribution in [3.63, 3.8) is 0 Å². The molecule has 6 nitrogen and oxygen atoms in total. The Morgan fingerprint density at radius 2 is 1.92 bits per heavy atom. The van der Waals surface area contributed by atoms with Gasteiger partial charge in [0.25, 0.3) is 0 Å². The quantitative estimate of drug-likeness (QED) is 0.899. The lowest BCUT2D eigenvalue weighted by Gasteiger charge is -2.30. The zero-order valence-electron chi connectivity index (χ0n) is 14.4. The van der Waals surface area contributed by atoms with Crippen molar-refractivity contribution in [2.24, 2.45) is 0 Å². The first kappa shape index (κ1) is 18.1. The minimum Gasteiger partial charge on any atom is -0.497 e. The number of methoxy groups -OCH3 is 2. The van der Waals surface area contributed by atoms with E-state index in [2.05, 4.69) is 10.1 Å². The molecule has 0 saturated carbocycles. The summed E-state index contributed by atoms with van der Waals surface area (Å²) in [5.41, 5.74) is 1.13. The summed E-state index contributed by atoms with van der Waals surface area (Å²) in [6, 6.07) is 8.01. The van der Waals surface area contributed by atoms with Gasteiger partial charge in [-0.2, -0.15) is 0 Å². The summed E-state index contributed by atoms with van der Waals surface area (Å²) in [5, 5.41) is 2.56. The lowest BCUT2D eigenvalue weighted by molar-refractivity contribution is -0.133. The SMILES string of the molecule is COC(=O)NCCC(=O)N1CCCCC[C@@H]1c1ccc(OC)cc1. The van der Waals surface area contributed by atoms with Gasteiger partial charge in [-0.25, -0.2) is 4.79 Å². The predicted molar refractivity (Wildman–Crippen MR) is 90.9 cm³/mol. The Morgan fingerprint density at radius 1 is 1.17 bits per heavy atom. The topological polar surface area (TPSA) is 67.9 Å². The van der Waals surface area contributed by atoms with E-state index >= 15 is 0 Å². The van der Waals surface area contributed by atoms with Gasteiger partial charge in [-0.3, -0.25) is 4.79 Å². The molecule has 0 spiro atoms. The molecule has 6 heteroatoms. The minimum atomic E-state index is -0.509. The molecule has 1 aromatic carbocycles. The summed E-state index contributed by atoms with van der Waals surface area (Å²) in [4.78, 5) is 25.7. The third-order valence-corrected chi connectivity index (χ3v) is 4.37. The van der Waals surface area contributed by atoms with Crippen molar-refractivity contribution in [1.82, 2.24) is 10.2 Å². The Kier molecular flexibility index (Phi) is 6.90. The van der Waals surface area contributed by atoms with Crippen molar-refractivity contribution in [3.05, 3.63) is 29.8 Å². The van der Waals surface area contributed by atoms with E-state index in [-0.39, 0.29) is 24.9 Å². The summed E-state index contributed by atoms with van der Waals surface area (Å²) in [7, 11) is 2.95. The van der Waals surface area contributed by atoms with Gasteiger partial charge in [0, 0.05) is 19.5 Å². The van der Waals surface area contributed by atoms with Crippen LogP contribution in [0.5, 0.6) is 5.75 Å². The Hall–Kier alpha value is -2.24. The molecule has 0 unspecified atom stereocenters. The number of hydrogen-bond acceptors (Lipinski definition) is 4. The molecule has 1 N–H and O–H groups in total. The number of nitrogens with one attached hydrogen (secondary N) is 1. The molecular weight excluding hydrogens is 308 g/mol. The lowest BCUT2D eigenvalue weighted by Crippen LogP contribution is -2.37. The maximum absolute atomic E-state index is 12.6. The molecule has 0 aromatic heterocycles. The molecule has 0 radical (unpaired) electrons. The van der Waals surface area contributed by atoms with Crippen LogP contribution in [0.4, 0.5) is 4.79 Å². The Bertz CT molecular complexity index is 544. The number of hydrogen-bond donors (Lipinski definition) is 1. The van der Waals surface area contributed by atoms with Gasteiger partial charge >= 0.3 is 6.09 Å². The van der Waals surface area contributed by atoms with Gasteiger partial charge in [-0.15, -0.1) is 0 Å². The van der Waals surface area contributed by atoms with Crippen molar-refractivity contribution in [2.45, 2.75) is 38.1 Å². The number of carbonyl (C=O) groups excluding carboxylic acids is 2. The van der Waals surface area contributed by atoms with Gasteiger partial charge in [-0.1, -0.05) is 25.0 Å². The molecule has 0 bridgehead atoms. The van der Waals surface area contributed by atoms with Crippen LogP contribution in [0.2, 0.25) is 0 Å². The van der Waals surface area contributed by atoms with Crippen LogP contribution in [0.1, 0.15) is 43.7 Å². The number of amides is 2. The number of alkyl carbamates (subject to hydrolysis) is 1. The highest BCUT2D eigenvalue weighted by atomic mass is 16.5. The van der Waals surface area contributed by atoms with E-state index in [1.165, 1.54) is 7.11 Å². The third-order valence-electron chi connectivity index (χ3n) is 4.37. The van der Waals surface area contributed by atoms with Crippen LogP contribution in [0.3, 0.4) is 0 Å². The zero-order chi connectivity index (χ0) is 17.4. The molecule has 0 aliphatic carbocycles. The van der Waals surface area contributed by atoms with Crippen LogP contribution in [0, 0.1) is 0 Å². The van der Waals surface area contributed by atoms with Gasteiger partial charge in [0.05, 0.1) is 20.3 Å². The van der Waals surface area contributed by atoms with Crippen molar-refractivity contribution in [2.75, 3.05) is 27.3 Å². The van der Waals surface area contributed by atoms with E-state index in [0.717, 1.165) is 43.5 Å². The second-order valence-corrected chi connectivity index (χ2v) is 5.89. The predicted octanol–water partition coefficient (Wildman–Crippen LogP) is 2.89. The summed E-state index contributed by atoms with van der Waals surface area (Å²) >= 11 is 0. The molecule has 1 aromatic rings. The number of likely N-dealkylation sites (tertiary alicyclic amines) is 1. The molecular formula is C18H26N2O4. The molecule has 2 rings (SSSR count). The highest BCUT2D eigenvalue weighted by Gasteiger charge is 2.26. The monoisotopic (exact) mass is 334 g/mol. The lowest BCUT2D eigenvalue weighted by atomic mass is 10.0. The standard InChI is InChI=1S/C18H26N2O4/c1-23-15-9-7-14(8-10-15)16-6-4-3-5-13-20(16)17(21)11-12-19-18(22)24-2/h7-10,16H,3-6,11-13H2,1-2H3,(H,19,22)/t16-/m1/s1. The maximum Gasteiger partial charge on any atom is 0.406 e. The van der Waals surface area contributed by atoms with Crippen LogP contribution in [-0.4, -0.2) is 44.2 Å². The summed E-state index contributed by atoms with van der Waals surface area (Å²) in [6.07, 6.45) is 4.00. The van der Waals surface area contributed by atoms with Crippen LogP contribution < -0.4 is 10.1 Å².